The number of benzene rings is 2. The first-order valence-electron chi connectivity index (χ1n) is 13.0. The van der Waals surface area contributed by atoms with Crippen molar-refractivity contribution in [2.75, 3.05) is 13.7 Å². The molecule has 1 aliphatic carbocycles. The van der Waals surface area contributed by atoms with Crippen LogP contribution in [0.25, 0.3) is 0 Å². The molecule has 1 unspecified atom stereocenters. The van der Waals surface area contributed by atoms with Crippen LogP contribution in [-0.4, -0.2) is 52.2 Å². The van der Waals surface area contributed by atoms with Crippen molar-refractivity contribution in [3.8, 4) is 0 Å². The third kappa shape index (κ3) is 5.59. The van der Waals surface area contributed by atoms with Crippen molar-refractivity contribution in [1.29, 1.82) is 0 Å². The number of aliphatic hydroxyl groups excluding tert-OH is 1. The van der Waals surface area contributed by atoms with Crippen molar-refractivity contribution in [3.63, 3.8) is 0 Å². The lowest BCUT2D eigenvalue weighted by atomic mass is 9.85. The maximum atomic E-state index is 14.8. The largest absolute Gasteiger partial charge is 0.465 e. The van der Waals surface area contributed by atoms with Crippen LogP contribution in [-0.2, 0) is 20.7 Å². The van der Waals surface area contributed by atoms with Gasteiger partial charge in [-0.25, -0.2) is 9.18 Å². The topological polar surface area (TPSA) is 89.0 Å². The van der Waals surface area contributed by atoms with E-state index in [0.717, 1.165) is 12.8 Å². The number of aromatic nitrogens is 1. The van der Waals surface area contributed by atoms with Gasteiger partial charge in [0.2, 0.25) is 0 Å². The van der Waals surface area contributed by atoms with E-state index in [9.17, 15) is 19.1 Å². The molecule has 7 nitrogen and oxygen atoms in total. The molecule has 1 aromatic heterocycles. The molecule has 40 heavy (non-hydrogen) atoms. The molecule has 2 heterocycles. The Labute approximate surface area is 241 Å². The van der Waals surface area contributed by atoms with Gasteiger partial charge < -0.3 is 19.5 Å². The molecule has 0 bridgehead atoms. The smallest absolute Gasteiger partial charge is 0.339 e. The Morgan fingerprint density at radius 2 is 1.98 bits per heavy atom. The van der Waals surface area contributed by atoms with Gasteiger partial charge in [-0.1, -0.05) is 41.4 Å². The van der Waals surface area contributed by atoms with E-state index in [0.29, 0.717) is 21.8 Å². The first-order valence-corrected chi connectivity index (χ1v) is 13.8. The van der Waals surface area contributed by atoms with Crippen LogP contribution in [0, 0.1) is 11.7 Å². The highest BCUT2D eigenvalue weighted by Crippen LogP contribution is 2.50. The number of esters is 1. The second-order valence-corrected chi connectivity index (χ2v) is 11.3. The average molecular weight is 587 g/mol. The minimum absolute atomic E-state index is 0.0372. The first kappa shape index (κ1) is 28.5. The van der Waals surface area contributed by atoms with Gasteiger partial charge in [-0.15, -0.1) is 0 Å². The Morgan fingerprint density at radius 3 is 2.58 bits per heavy atom. The van der Waals surface area contributed by atoms with Gasteiger partial charge in [0.15, 0.2) is 5.60 Å². The Bertz CT molecular complexity index is 1420. The molecule has 4 atom stereocenters. The van der Waals surface area contributed by atoms with Crippen LogP contribution in [0.1, 0.15) is 59.1 Å². The average Bonchev–Trinajstić information content (AvgIpc) is 3.78. The molecule has 0 radical (unpaired) electrons. The van der Waals surface area contributed by atoms with Gasteiger partial charge in [-0.2, -0.15) is 0 Å². The molecular formula is C30H29Cl2FN2O5. The van der Waals surface area contributed by atoms with Gasteiger partial charge in [0.1, 0.15) is 11.9 Å². The quantitative estimate of drug-likeness (QED) is 0.339. The zero-order valence-electron chi connectivity index (χ0n) is 22.0. The molecule has 1 amide bonds. The van der Waals surface area contributed by atoms with E-state index >= 15 is 0 Å². The number of morpholine rings is 1. The van der Waals surface area contributed by atoms with Gasteiger partial charge in [-0.05, 0) is 73.2 Å². The molecule has 210 valence electrons. The summed E-state index contributed by atoms with van der Waals surface area (Å²) in [6.45, 7) is 1.43. The van der Waals surface area contributed by atoms with Gasteiger partial charge in [0, 0.05) is 23.3 Å². The van der Waals surface area contributed by atoms with Crippen LogP contribution < -0.4 is 0 Å². The Morgan fingerprint density at radius 1 is 1.20 bits per heavy atom. The summed E-state index contributed by atoms with van der Waals surface area (Å²) in [4.78, 5) is 32.4. The number of pyridine rings is 1. The summed E-state index contributed by atoms with van der Waals surface area (Å²) < 4.78 is 26.2. The van der Waals surface area contributed by atoms with Crippen molar-refractivity contribution in [1.82, 2.24) is 9.88 Å². The molecule has 2 aromatic carbocycles. The Kier molecular flexibility index (Phi) is 8.15. The third-order valence-electron chi connectivity index (χ3n) is 7.60. The van der Waals surface area contributed by atoms with Crippen LogP contribution in [0.4, 0.5) is 4.39 Å². The fraction of sp³-hybridized carbons (Fsp3) is 0.367. The number of carbonyl (C=O) groups excluding carboxylic acids is 2. The predicted molar refractivity (Wildman–Crippen MR) is 148 cm³/mol. The molecule has 10 heteroatoms. The van der Waals surface area contributed by atoms with Crippen LogP contribution in [0.3, 0.4) is 0 Å². The fourth-order valence-corrected chi connectivity index (χ4v) is 5.75. The number of methoxy groups -OCH3 is 1. The number of hydrogen-bond acceptors (Lipinski definition) is 6. The summed E-state index contributed by atoms with van der Waals surface area (Å²) >= 11 is 12.4. The minimum Gasteiger partial charge on any atom is -0.465 e. The molecule has 0 spiro atoms. The molecule has 1 N–H and O–H groups in total. The van der Waals surface area contributed by atoms with E-state index in [2.05, 4.69) is 4.98 Å². The maximum absolute atomic E-state index is 14.8. The Hall–Kier alpha value is -3.04. The van der Waals surface area contributed by atoms with Crippen LogP contribution in [0.5, 0.6) is 0 Å². The summed E-state index contributed by atoms with van der Waals surface area (Å²) in [5.41, 5.74) is 0.581. The maximum Gasteiger partial charge on any atom is 0.339 e. The SMILES string of the molecule is COC(=O)c1ccc(C[C@]2(C)O[C@H](c3cccc(Cl)c3)C(c3ccc(Cl)c(F)c3)N([C@H](CO)C3CC3)C2=O)nc1. The molecule has 2 aliphatic rings. The van der Waals surface area contributed by atoms with Gasteiger partial charge in [0.05, 0.1) is 36.4 Å². The third-order valence-corrected chi connectivity index (χ3v) is 8.14. The lowest BCUT2D eigenvalue weighted by molar-refractivity contribution is -0.205. The zero-order valence-corrected chi connectivity index (χ0v) is 23.5. The number of rotatable bonds is 8. The lowest BCUT2D eigenvalue weighted by Crippen LogP contribution is -2.62. The zero-order chi connectivity index (χ0) is 28.6. The van der Waals surface area contributed by atoms with E-state index in [4.69, 9.17) is 32.7 Å². The number of amides is 1. The first-order chi connectivity index (χ1) is 19.1. The highest BCUT2D eigenvalue weighted by Gasteiger charge is 2.55. The van der Waals surface area contributed by atoms with E-state index < -0.39 is 35.6 Å². The van der Waals surface area contributed by atoms with Crippen LogP contribution >= 0.6 is 23.2 Å². The molecule has 1 saturated heterocycles. The summed E-state index contributed by atoms with van der Waals surface area (Å²) in [7, 11) is 1.29. The molecular weight excluding hydrogens is 558 g/mol. The van der Waals surface area contributed by atoms with Crippen molar-refractivity contribution < 1.29 is 28.6 Å². The van der Waals surface area contributed by atoms with Gasteiger partial charge in [-0.3, -0.25) is 9.78 Å². The second kappa shape index (κ2) is 11.4. The number of ether oxygens (including phenoxy) is 2. The monoisotopic (exact) mass is 586 g/mol. The summed E-state index contributed by atoms with van der Waals surface area (Å²) in [6.07, 6.45) is 2.46. The highest BCUT2D eigenvalue weighted by atomic mass is 35.5. The molecule has 2 fully saturated rings. The van der Waals surface area contributed by atoms with Crippen LogP contribution in [0.2, 0.25) is 10.0 Å². The summed E-state index contributed by atoms with van der Waals surface area (Å²) in [5.74, 6) is -1.38. The predicted octanol–water partition coefficient (Wildman–Crippen LogP) is 5.73. The minimum atomic E-state index is -1.41. The van der Waals surface area contributed by atoms with E-state index in [1.165, 1.54) is 25.4 Å². The van der Waals surface area contributed by atoms with Crippen molar-refractivity contribution in [3.05, 3.63) is 99.0 Å². The van der Waals surface area contributed by atoms with Crippen molar-refractivity contribution in [2.24, 2.45) is 5.92 Å². The van der Waals surface area contributed by atoms with Crippen LogP contribution in [0.15, 0.2) is 60.8 Å². The second-order valence-electron chi connectivity index (χ2n) is 10.4. The van der Waals surface area contributed by atoms with Gasteiger partial charge in [0.25, 0.3) is 5.91 Å². The molecule has 5 rings (SSSR count). The summed E-state index contributed by atoms with van der Waals surface area (Å²) in [5, 5.41) is 11.0. The van der Waals surface area contributed by atoms with E-state index in [1.807, 2.05) is 6.07 Å². The highest BCUT2D eigenvalue weighted by molar-refractivity contribution is 6.31. The van der Waals surface area contributed by atoms with Crippen molar-refractivity contribution in [2.45, 2.75) is 50.0 Å². The molecule has 1 aliphatic heterocycles. The Balaban J connectivity index is 1.62. The molecule has 3 aromatic rings. The number of hydrogen-bond donors (Lipinski definition) is 1. The van der Waals surface area contributed by atoms with E-state index in [-0.39, 0.29) is 35.4 Å². The van der Waals surface area contributed by atoms with Gasteiger partial charge >= 0.3 is 5.97 Å². The number of halogens is 3. The molecule has 1 saturated carbocycles. The summed E-state index contributed by atoms with van der Waals surface area (Å²) in [6, 6.07) is 13.5. The number of carbonyl (C=O) groups is 2. The number of nitrogens with zero attached hydrogens (tertiary/aromatic N) is 2. The lowest BCUT2D eigenvalue weighted by Gasteiger charge is -2.51. The van der Waals surface area contributed by atoms with Crippen molar-refractivity contribution >= 4 is 35.1 Å². The standard InChI is InChI=1S/C30H29Cl2FN2O5/c1-30(14-22-10-8-20(15-34-22)28(37)39-2)29(38)35(25(16-36)17-6-7-17)26(18-9-11-23(32)24(33)13-18)27(40-30)19-4-3-5-21(31)12-19/h3-5,8-13,15,17,25-27,36H,6-7,14,16H2,1-2H3/t25-,26?,27-,30+/m1/s1. The normalized spacial score (nSPS) is 23.6. The van der Waals surface area contributed by atoms with E-state index in [1.54, 1.807) is 48.2 Å². The number of aliphatic hydroxyl groups is 1. The fourth-order valence-electron chi connectivity index (χ4n) is 5.44.